The molecule has 1 fully saturated rings. The van der Waals surface area contributed by atoms with Gasteiger partial charge in [-0.05, 0) is 6.42 Å². The van der Waals surface area contributed by atoms with Gasteiger partial charge >= 0.3 is 5.97 Å². The summed E-state index contributed by atoms with van der Waals surface area (Å²) < 4.78 is 0. The third-order valence-corrected chi connectivity index (χ3v) is 2.92. The molecular formula is C11H16N4O3. The van der Waals surface area contributed by atoms with Crippen molar-refractivity contribution in [2.75, 3.05) is 13.1 Å². The molecule has 98 valence electrons. The smallest absolute Gasteiger partial charge is 0.303 e. The highest BCUT2D eigenvalue weighted by molar-refractivity contribution is 5.91. The van der Waals surface area contributed by atoms with Gasteiger partial charge in [-0.1, -0.05) is 6.92 Å². The van der Waals surface area contributed by atoms with Crippen LogP contribution in [0.15, 0.2) is 0 Å². The Bertz CT molecular complexity index is 451. The molecule has 1 amide bonds. The number of nitrogens with zero attached hydrogens (tertiary/aromatic N) is 3. The number of hydrogen-bond acceptors (Lipinski definition) is 4. The number of carbonyl (C=O) groups excluding carboxylic acids is 1. The second-order valence-electron chi connectivity index (χ2n) is 4.53. The van der Waals surface area contributed by atoms with Crippen LogP contribution in [-0.2, 0) is 11.2 Å². The molecule has 2 rings (SSSR count). The van der Waals surface area contributed by atoms with Crippen LogP contribution in [0.25, 0.3) is 0 Å². The minimum absolute atomic E-state index is 0.0560. The molecular weight excluding hydrogens is 236 g/mol. The lowest BCUT2D eigenvalue weighted by Crippen LogP contribution is -2.50. The summed E-state index contributed by atoms with van der Waals surface area (Å²) in [6, 6.07) is 0. The summed E-state index contributed by atoms with van der Waals surface area (Å²) in [7, 11) is 0. The molecule has 0 aliphatic carbocycles. The Labute approximate surface area is 104 Å². The van der Waals surface area contributed by atoms with E-state index >= 15 is 0 Å². The van der Waals surface area contributed by atoms with Gasteiger partial charge in [-0.25, -0.2) is 4.98 Å². The number of hydrogen-bond donors (Lipinski definition) is 2. The maximum atomic E-state index is 11.9. The van der Waals surface area contributed by atoms with E-state index in [2.05, 4.69) is 15.2 Å². The maximum absolute atomic E-state index is 11.9. The lowest BCUT2D eigenvalue weighted by atomic mass is 9.96. The van der Waals surface area contributed by atoms with Gasteiger partial charge in [-0.15, -0.1) is 5.10 Å². The molecule has 2 N–H and O–H groups in total. The molecule has 18 heavy (non-hydrogen) atoms. The molecule has 0 aromatic carbocycles. The van der Waals surface area contributed by atoms with Crippen LogP contribution >= 0.6 is 0 Å². The minimum Gasteiger partial charge on any atom is -0.481 e. The summed E-state index contributed by atoms with van der Waals surface area (Å²) in [4.78, 5) is 28.1. The van der Waals surface area contributed by atoms with Crippen LogP contribution in [0.3, 0.4) is 0 Å². The summed E-state index contributed by atoms with van der Waals surface area (Å²) in [5.41, 5.74) is 0. The number of H-pyrrole nitrogens is 1. The van der Waals surface area contributed by atoms with Crippen molar-refractivity contribution in [3.8, 4) is 0 Å². The number of rotatable bonds is 5. The monoisotopic (exact) mass is 252 g/mol. The molecule has 1 aliphatic rings. The van der Waals surface area contributed by atoms with E-state index in [-0.39, 0.29) is 24.1 Å². The number of aromatic nitrogens is 3. The van der Waals surface area contributed by atoms with Gasteiger partial charge in [0.05, 0.1) is 6.42 Å². The van der Waals surface area contributed by atoms with Gasteiger partial charge in [0.25, 0.3) is 5.91 Å². The number of aromatic amines is 1. The molecule has 0 spiro atoms. The molecule has 0 radical (unpaired) electrons. The number of carbonyl (C=O) groups is 2. The van der Waals surface area contributed by atoms with Crippen molar-refractivity contribution in [2.24, 2.45) is 5.92 Å². The zero-order valence-electron chi connectivity index (χ0n) is 10.2. The van der Waals surface area contributed by atoms with Crippen LogP contribution in [0.2, 0.25) is 0 Å². The molecule has 1 aliphatic heterocycles. The lowest BCUT2D eigenvalue weighted by Gasteiger charge is -2.37. The lowest BCUT2D eigenvalue weighted by molar-refractivity contribution is -0.139. The van der Waals surface area contributed by atoms with Gasteiger partial charge in [0.2, 0.25) is 5.82 Å². The van der Waals surface area contributed by atoms with Gasteiger partial charge < -0.3 is 10.0 Å². The normalized spacial score (nSPS) is 15.5. The first-order chi connectivity index (χ1) is 8.60. The number of carboxylic acid groups (broad SMARTS) is 1. The number of likely N-dealkylation sites (tertiary alicyclic amines) is 1. The molecule has 2 heterocycles. The zero-order chi connectivity index (χ0) is 13.1. The van der Waals surface area contributed by atoms with Crippen LogP contribution in [0, 0.1) is 5.92 Å². The van der Waals surface area contributed by atoms with E-state index in [1.807, 2.05) is 6.92 Å². The third kappa shape index (κ3) is 2.66. The maximum Gasteiger partial charge on any atom is 0.303 e. The number of aryl methyl sites for hydroxylation is 1. The van der Waals surface area contributed by atoms with E-state index in [1.165, 1.54) is 0 Å². The largest absolute Gasteiger partial charge is 0.481 e. The second kappa shape index (κ2) is 5.16. The van der Waals surface area contributed by atoms with Crippen molar-refractivity contribution in [1.82, 2.24) is 20.1 Å². The molecule has 1 saturated heterocycles. The molecule has 1 aromatic rings. The van der Waals surface area contributed by atoms with Crippen molar-refractivity contribution in [1.29, 1.82) is 0 Å². The van der Waals surface area contributed by atoms with Crippen LogP contribution < -0.4 is 0 Å². The molecule has 0 atom stereocenters. The van der Waals surface area contributed by atoms with Crippen LogP contribution in [0.1, 0.15) is 36.2 Å². The first kappa shape index (κ1) is 12.5. The van der Waals surface area contributed by atoms with Crippen molar-refractivity contribution in [3.63, 3.8) is 0 Å². The Hall–Kier alpha value is -1.92. The molecule has 0 saturated carbocycles. The predicted molar refractivity (Wildman–Crippen MR) is 62.0 cm³/mol. The van der Waals surface area contributed by atoms with Gasteiger partial charge in [0, 0.05) is 25.4 Å². The Morgan fingerprint density at radius 3 is 2.83 bits per heavy atom. The van der Waals surface area contributed by atoms with Crippen molar-refractivity contribution in [2.45, 2.75) is 26.2 Å². The van der Waals surface area contributed by atoms with Gasteiger partial charge in [-0.2, -0.15) is 0 Å². The van der Waals surface area contributed by atoms with Crippen molar-refractivity contribution in [3.05, 3.63) is 11.6 Å². The van der Waals surface area contributed by atoms with Crippen LogP contribution in [0.5, 0.6) is 0 Å². The summed E-state index contributed by atoms with van der Waals surface area (Å²) in [5.74, 6) is -0.110. The number of aliphatic carboxylic acids is 1. The van der Waals surface area contributed by atoms with E-state index in [0.29, 0.717) is 18.9 Å². The fourth-order valence-corrected chi connectivity index (χ4v) is 1.99. The second-order valence-corrected chi connectivity index (χ2v) is 4.53. The van der Waals surface area contributed by atoms with Gasteiger partial charge in [0.15, 0.2) is 0 Å². The van der Waals surface area contributed by atoms with E-state index in [4.69, 9.17) is 5.11 Å². The Kier molecular flexibility index (Phi) is 3.59. The molecule has 7 heteroatoms. The Balaban J connectivity index is 1.87. The standard InChI is InChI=1S/C11H16N4O3/c1-2-3-8-12-10(14-13-8)11(18)15-5-7(6-15)4-9(16)17/h7H,2-6H2,1H3,(H,16,17)(H,12,13,14). The summed E-state index contributed by atoms with van der Waals surface area (Å²) in [5, 5.41) is 15.2. The van der Waals surface area contributed by atoms with Crippen LogP contribution in [0.4, 0.5) is 0 Å². The molecule has 7 nitrogen and oxygen atoms in total. The fraction of sp³-hybridized carbons (Fsp3) is 0.636. The Morgan fingerprint density at radius 2 is 2.22 bits per heavy atom. The first-order valence-corrected chi connectivity index (χ1v) is 6.02. The predicted octanol–water partition coefficient (Wildman–Crippen LogP) is 0.304. The SMILES string of the molecule is CCCc1nc(C(=O)N2CC(CC(=O)O)C2)n[nH]1. The van der Waals surface area contributed by atoms with Crippen molar-refractivity contribution < 1.29 is 14.7 Å². The van der Waals surface area contributed by atoms with Gasteiger partial charge in [-0.3, -0.25) is 14.7 Å². The summed E-state index contributed by atoms with van der Waals surface area (Å²) >= 11 is 0. The van der Waals surface area contributed by atoms with E-state index in [0.717, 1.165) is 12.8 Å². The average Bonchev–Trinajstić information content (AvgIpc) is 2.71. The topological polar surface area (TPSA) is 99.2 Å². The molecule has 1 aromatic heterocycles. The fourth-order valence-electron chi connectivity index (χ4n) is 1.99. The first-order valence-electron chi connectivity index (χ1n) is 6.02. The summed E-state index contributed by atoms with van der Waals surface area (Å²) in [6.07, 6.45) is 1.81. The zero-order valence-corrected chi connectivity index (χ0v) is 10.2. The van der Waals surface area contributed by atoms with E-state index < -0.39 is 5.97 Å². The average molecular weight is 252 g/mol. The highest BCUT2D eigenvalue weighted by Crippen LogP contribution is 2.20. The highest BCUT2D eigenvalue weighted by Gasteiger charge is 2.34. The third-order valence-electron chi connectivity index (χ3n) is 2.92. The molecule has 0 unspecified atom stereocenters. The number of amides is 1. The quantitative estimate of drug-likeness (QED) is 0.785. The van der Waals surface area contributed by atoms with E-state index in [9.17, 15) is 9.59 Å². The van der Waals surface area contributed by atoms with E-state index in [1.54, 1.807) is 4.90 Å². The highest BCUT2D eigenvalue weighted by atomic mass is 16.4. The van der Waals surface area contributed by atoms with Gasteiger partial charge in [0.1, 0.15) is 5.82 Å². The van der Waals surface area contributed by atoms with Crippen molar-refractivity contribution >= 4 is 11.9 Å². The number of carboxylic acids is 1. The minimum atomic E-state index is -0.824. The molecule has 0 bridgehead atoms. The van der Waals surface area contributed by atoms with Crippen LogP contribution in [-0.4, -0.2) is 50.2 Å². The summed E-state index contributed by atoms with van der Waals surface area (Å²) in [6.45, 7) is 2.97. The number of nitrogens with one attached hydrogen (secondary N) is 1. The Morgan fingerprint density at radius 1 is 1.50 bits per heavy atom.